The summed E-state index contributed by atoms with van der Waals surface area (Å²) in [4.78, 5) is 12.6. The Morgan fingerprint density at radius 3 is 2.30 bits per heavy atom. The Hall–Kier alpha value is -2.18. The van der Waals surface area contributed by atoms with Gasteiger partial charge in [-0.05, 0) is 55.3 Å². The number of nitrogens with one attached hydrogen (secondary N) is 1. The van der Waals surface area contributed by atoms with Crippen LogP contribution in [0.5, 0.6) is 5.75 Å². The van der Waals surface area contributed by atoms with E-state index in [0.717, 1.165) is 17.1 Å². The molecule has 180 valence electrons. The molecule has 1 fully saturated rings. The van der Waals surface area contributed by atoms with Gasteiger partial charge >= 0.3 is 0 Å². The van der Waals surface area contributed by atoms with E-state index in [1.807, 2.05) is 0 Å². The third kappa shape index (κ3) is 5.85. The Kier molecular flexibility index (Phi) is 8.01. The number of nitrogens with zero attached hydrogens (tertiary/aromatic N) is 2. The fourth-order valence-corrected chi connectivity index (χ4v) is 6.18. The van der Waals surface area contributed by atoms with Crippen molar-refractivity contribution in [2.45, 2.75) is 22.6 Å². The molecular formula is C21H26ClN3O6S2. The number of hydrogen-bond acceptors (Lipinski definition) is 6. The monoisotopic (exact) mass is 515 g/mol. The average Bonchev–Trinajstić information content (AvgIpc) is 3.33. The number of hydrogen-bond donors (Lipinski definition) is 1. The predicted octanol–water partition coefficient (Wildman–Crippen LogP) is 2.18. The Morgan fingerprint density at radius 2 is 1.70 bits per heavy atom. The second-order valence-corrected chi connectivity index (χ2v) is 12.1. The van der Waals surface area contributed by atoms with Crippen molar-refractivity contribution in [2.24, 2.45) is 0 Å². The van der Waals surface area contributed by atoms with Gasteiger partial charge in [0.25, 0.3) is 5.91 Å². The second kappa shape index (κ2) is 10.4. The van der Waals surface area contributed by atoms with Crippen LogP contribution in [0.2, 0.25) is 5.02 Å². The highest BCUT2D eigenvalue weighted by Gasteiger charge is 2.29. The number of amides is 1. The molecule has 2 aromatic rings. The molecule has 0 aliphatic carbocycles. The lowest BCUT2D eigenvalue weighted by Crippen LogP contribution is -2.30. The van der Waals surface area contributed by atoms with Crippen molar-refractivity contribution in [1.29, 1.82) is 0 Å². The molecule has 1 saturated heterocycles. The van der Waals surface area contributed by atoms with Crippen molar-refractivity contribution >= 4 is 37.6 Å². The van der Waals surface area contributed by atoms with E-state index >= 15 is 0 Å². The number of halogens is 1. The topological polar surface area (TPSA) is 113 Å². The van der Waals surface area contributed by atoms with Gasteiger partial charge in [0.15, 0.2) is 0 Å². The first-order valence-electron chi connectivity index (χ1n) is 10.3. The van der Waals surface area contributed by atoms with E-state index in [9.17, 15) is 21.6 Å². The van der Waals surface area contributed by atoms with Crippen LogP contribution < -0.4 is 10.1 Å². The number of rotatable bonds is 9. The Balaban J connectivity index is 1.57. The van der Waals surface area contributed by atoms with Crippen LogP contribution in [0.25, 0.3) is 0 Å². The molecule has 1 amide bonds. The first-order chi connectivity index (χ1) is 15.5. The molecular weight excluding hydrogens is 490 g/mol. The van der Waals surface area contributed by atoms with Gasteiger partial charge in [0.1, 0.15) is 17.3 Å². The van der Waals surface area contributed by atoms with Gasteiger partial charge in [0.05, 0.1) is 16.5 Å². The van der Waals surface area contributed by atoms with Gasteiger partial charge in [-0.3, -0.25) is 4.79 Å². The number of ether oxygens (including phenoxy) is 1. The second-order valence-electron chi connectivity index (χ2n) is 7.62. The Labute approximate surface area is 199 Å². The number of carbonyl (C=O) groups is 1. The summed E-state index contributed by atoms with van der Waals surface area (Å²) in [5.74, 6) is -0.00648. The molecule has 0 aromatic heterocycles. The molecule has 0 unspecified atom stereocenters. The highest BCUT2D eigenvalue weighted by atomic mass is 35.5. The van der Waals surface area contributed by atoms with Crippen LogP contribution in [0.1, 0.15) is 23.2 Å². The highest BCUT2D eigenvalue weighted by Crippen LogP contribution is 2.28. The fourth-order valence-electron chi connectivity index (χ4n) is 3.26. The zero-order valence-corrected chi connectivity index (χ0v) is 20.7. The van der Waals surface area contributed by atoms with Crippen LogP contribution in [-0.4, -0.2) is 71.7 Å². The smallest absolute Gasteiger partial charge is 0.251 e. The summed E-state index contributed by atoms with van der Waals surface area (Å²) in [5.41, 5.74) is 0.176. The molecule has 0 spiro atoms. The highest BCUT2D eigenvalue weighted by molar-refractivity contribution is 7.89. The van der Waals surface area contributed by atoms with Crippen molar-refractivity contribution in [3.8, 4) is 5.75 Å². The van der Waals surface area contributed by atoms with E-state index in [4.69, 9.17) is 16.3 Å². The zero-order valence-electron chi connectivity index (χ0n) is 18.3. The number of carbonyl (C=O) groups excluding carboxylic acids is 1. The van der Waals surface area contributed by atoms with E-state index in [0.29, 0.717) is 18.8 Å². The van der Waals surface area contributed by atoms with E-state index in [1.54, 1.807) is 0 Å². The van der Waals surface area contributed by atoms with Gasteiger partial charge in [0.2, 0.25) is 20.0 Å². The van der Waals surface area contributed by atoms with Crippen molar-refractivity contribution < 1.29 is 26.4 Å². The summed E-state index contributed by atoms with van der Waals surface area (Å²) in [5, 5.41) is 2.74. The first kappa shape index (κ1) is 25.4. The molecule has 0 atom stereocenters. The van der Waals surface area contributed by atoms with Crippen LogP contribution >= 0.6 is 11.6 Å². The van der Waals surface area contributed by atoms with Crippen molar-refractivity contribution in [3.63, 3.8) is 0 Å². The van der Waals surface area contributed by atoms with Gasteiger partial charge in [0, 0.05) is 32.7 Å². The largest absolute Gasteiger partial charge is 0.492 e. The van der Waals surface area contributed by atoms with Crippen molar-refractivity contribution in [3.05, 3.63) is 53.1 Å². The summed E-state index contributed by atoms with van der Waals surface area (Å²) >= 11 is 6.12. The van der Waals surface area contributed by atoms with Crippen LogP contribution in [-0.2, 0) is 20.0 Å². The van der Waals surface area contributed by atoms with E-state index in [1.165, 1.54) is 60.9 Å². The Morgan fingerprint density at radius 1 is 1.06 bits per heavy atom. The molecule has 33 heavy (non-hydrogen) atoms. The van der Waals surface area contributed by atoms with Gasteiger partial charge in [-0.15, -0.1) is 0 Å². The normalized spacial score (nSPS) is 15.0. The SMILES string of the molecule is CN(C)S(=O)(=O)c1ccc(OCCNC(=O)c2ccc(Cl)c(S(=O)(=O)N3CCCC3)c2)cc1. The van der Waals surface area contributed by atoms with E-state index < -0.39 is 26.0 Å². The summed E-state index contributed by atoms with van der Waals surface area (Å²) in [6, 6.07) is 10.1. The maximum absolute atomic E-state index is 12.8. The summed E-state index contributed by atoms with van der Waals surface area (Å²) in [7, 11) is -4.37. The molecule has 2 aromatic carbocycles. The third-order valence-corrected chi connectivity index (χ3v) is 9.34. The van der Waals surface area contributed by atoms with E-state index in [2.05, 4.69) is 5.32 Å². The lowest BCUT2D eigenvalue weighted by Gasteiger charge is -2.17. The van der Waals surface area contributed by atoms with Crippen LogP contribution in [0.15, 0.2) is 52.3 Å². The fraction of sp³-hybridized carbons (Fsp3) is 0.381. The van der Waals surface area contributed by atoms with E-state index in [-0.39, 0.29) is 33.5 Å². The van der Waals surface area contributed by atoms with Gasteiger partial charge in [-0.25, -0.2) is 21.1 Å². The quantitative estimate of drug-likeness (QED) is 0.512. The van der Waals surface area contributed by atoms with Crippen LogP contribution in [0.4, 0.5) is 0 Å². The minimum Gasteiger partial charge on any atom is -0.492 e. The zero-order chi connectivity index (χ0) is 24.2. The summed E-state index contributed by atoms with van der Waals surface area (Å²) in [6.45, 7) is 1.18. The molecule has 9 nitrogen and oxygen atoms in total. The van der Waals surface area contributed by atoms with Crippen LogP contribution in [0, 0.1) is 0 Å². The van der Waals surface area contributed by atoms with Crippen molar-refractivity contribution in [1.82, 2.24) is 13.9 Å². The standard InChI is InChI=1S/C21H26ClN3O6S2/c1-24(2)32(27,28)18-8-6-17(7-9-18)31-14-11-23-21(26)16-5-10-19(22)20(15-16)33(29,30)25-12-3-4-13-25/h5-10,15H,3-4,11-14H2,1-2H3,(H,23,26). The molecule has 1 heterocycles. The first-order valence-corrected chi connectivity index (χ1v) is 13.5. The molecule has 0 saturated carbocycles. The van der Waals surface area contributed by atoms with Gasteiger partial charge in [-0.1, -0.05) is 11.6 Å². The minimum absolute atomic E-state index is 0.0708. The molecule has 1 aliphatic heterocycles. The Bertz CT molecular complexity index is 1210. The lowest BCUT2D eigenvalue weighted by molar-refractivity contribution is 0.0946. The van der Waals surface area contributed by atoms with Gasteiger partial charge < -0.3 is 10.1 Å². The molecule has 1 aliphatic rings. The number of benzene rings is 2. The summed E-state index contributed by atoms with van der Waals surface area (Å²) < 4.78 is 57.8. The van der Waals surface area contributed by atoms with Crippen molar-refractivity contribution in [2.75, 3.05) is 40.3 Å². The maximum atomic E-state index is 12.8. The lowest BCUT2D eigenvalue weighted by atomic mass is 10.2. The van der Waals surface area contributed by atoms with Crippen LogP contribution in [0.3, 0.4) is 0 Å². The van der Waals surface area contributed by atoms with Gasteiger partial charge in [-0.2, -0.15) is 4.31 Å². The maximum Gasteiger partial charge on any atom is 0.251 e. The molecule has 3 rings (SSSR count). The molecule has 1 N–H and O–H groups in total. The molecule has 0 radical (unpaired) electrons. The average molecular weight is 516 g/mol. The third-order valence-electron chi connectivity index (χ3n) is 5.13. The predicted molar refractivity (Wildman–Crippen MR) is 125 cm³/mol. The molecule has 12 heteroatoms. The number of sulfonamides is 2. The summed E-state index contributed by atoms with van der Waals surface area (Å²) in [6.07, 6.45) is 1.59. The molecule has 0 bridgehead atoms. The minimum atomic E-state index is -3.76.